The zero-order valence-corrected chi connectivity index (χ0v) is 19.8. The molecule has 1 aromatic carbocycles. The fraction of sp³-hybridized carbons (Fsp3) is 0.619. The van der Waals surface area contributed by atoms with E-state index in [1.54, 1.807) is 0 Å². The number of ether oxygens (including phenoxy) is 1. The minimum absolute atomic E-state index is 0.00531. The van der Waals surface area contributed by atoms with Crippen molar-refractivity contribution in [3.63, 3.8) is 0 Å². The average molecular weight is 535 g/mol. The number of fused-ring (bicyclic) bond motifs is 2. The lowest BCUT2D eigenvalue weighted by atomic mass is 9.95. The van der Waals surface area contributed by atoms with E-state index >= 15 is 4.39 Å². The van der Waals surface area contributed by atoms with E-state index in [1.165, 1.54) is 11.0 Å². The summed E-state index contributed by atoms with van der Waals surface area (Å²) in [6.07, 6.45) is 4.30. The van der Waals surface area contributed by atoms with Crippen molar-refractivity contribution < 1.29 is 17.9 Å². The van der Waals surface area contributed by atoms with Crippen molar-refractivity contribution in [2.45, 2.75) is 37.1 Å². The number of rotatable bonds is 4. The number of halogens is 5. The van der Waals surface area contributed by atoms with Gasteiger partial charge in [-0.3, -0.25) is 4.90 Å². The van der Waals surface area contributed by atoms with Crippen molar-refractivity contribution in [3.05, 3.63) is 21.4 Å². The van der Waals surface area contributed by atoms with Gasteiger partial charge in [-0.15, -0.1) is 0 Å². The predicted octanol–water partition coefficient (Wildman–Crippen LogP) is 4.24. The van der Waals surface area contributed by atoms with E-state index in [9.17, 15) is 8.78 Å². The summed E-state index contributed by atoms with van der Waals surface area (Å²) >= 11 is 9.33. The van der Waals surface area contributed by atoms with Crippen molar-refractivity contribution >= 4 is 44.3 Å². The molecule has 0 amide bonds. The second-order valence-electron chi connectivity index (χ2n) is 8.87. The Hall–Kier alpha value is -1.36. The summed E-state index contributed by atoms with van der Waals surface area (Å²) in [7, 11) is 0. The van der Waals surface area contributed by atoms with Crippen molar-refractivity contribution in [2.24, 2.45) is 0 Å². The van der Waals surface area contributed by atoms with Gasteiger partial charge in [-0.1, -0.05) is 11.6 Å². The number of hydrogen-bond donors (Lipinski definition) is 1. The lowest BCUT2D eigenvalue weighted by Gasteiger charge is -2.31. The molecule has 0 atom stereocenters. The van der Waals surface area contributed by atoms with Gasteiger partial charge in [0.15, 0.2) is 5.82 Å². The predicted molar refractivity (Wildman–Crippen MR) is 121 cm³/mol. The summed E-state index contributed by atoms with van der Waals surface area (Å²) in [5, 5.41) is 3.14. The molecule has 174 valence electrons. The lowest BCUT2D eigenvalue weighted by molar-refractivity contribution is 0.0156. The van der Waals surface area contributed by atoms with Gasteiger partial charge in [0.25, 0.3) is 5.92 Å². The molecule has 0 spiro atoms. The highest BCUT2D eigenvalue weighted by molar-refractivity contribution is 9.10. The summed E-state index contributed by atoms with van der Waals surface area (Å²) in [6.45, 7) is 2.15. The van der Waals surface area contributed by atoms with Gasteiger partial charge in [-0.25, -0.2) is 13.2 Å². The Labute approximate surface area is 197 Å². The molecule has 4 heterocycles. The molecule has 0 unspecified atom stereocenters. The first-order valence-electron chi connectivity index (χ1n) is 10.8. The quantitative estimate of drug-likeness (QED) is 0.593. The fourth-order valence-corrected chi connectivity index (χ4v) is 5.68. The van der Waals surface area contributed by atoms with E-state index < -0.39 is 24.8 Å². The van der Waals surface area contributed by atoms with Crippen molar-refractivity contribution in [1.29, 1.82) is 0 Å². The Balaban J connectivity index is 1.55. The van der Waals surface area contributed by atoms with Crippen LogP contribution in [0.2, 0.25) is 5.02 Å². The number of nitrogens with one attached hydrogen (secondary N) is 1. The van der Waals surface area contributed by atoms with Gasteiger partial charge in [0.1, 0.15) is 17.9 Å². The third-order valence-corrected chi connectivity index (χ3v) is 8.03. The van der Waals surface area contributed by atoms with Crippen LogP contribution in [-0.4, -0.2) is 72.2 Å². The average Bonchev–Trinajstić information content (AvgIpc) is 3.27. The Bertz CT molecular complexity index is 1030. The Morgan fingerprint density at radius 3 is 2.69 bits per heavy atom. The van der Waals surface area contributed by atoms with Gasteiger partial charge >= 0.3 is 6.01 Å². The molecule has 3 aliphatic rings. The number of anilines is 1. The van der Waals surface area contributed by atoms with E-state index in [4.69, 9.17) is 16.3 Å². The summed E-state index contributed by atoms with van der Waals surface area (Å²) in [5.74, 6) is -3.42. The molecule has 1 aromatic heterocycles. The van der Waals surface area contributed by atoms with Crippen LogP contribution in [0.25, 0.3) is 10.9 Å². The van der Waals surface area contributed by atoms with Crippen LogP contribution < -0.4 is 15.0 Å². The first-order valence-corrected chi connectivity index (χ1v) is 12.0. The molecule has 2 aromatic rings. The van der Waals surface area contributed by atoms with Crippen molar-refractivity contribution in [3.8, 4) is 6.01 Å². The zero-order chi connectivity index (χ0) is 22.5. The van der Waals surface area contributed by atoms with Crippen LogP contribution in [0.1, 0.15) is 25.7 Å². The Morgan fingerprint density at radius 1 is 1.19 bits per heavy atom. The molecular formula is C21H24BrClF3N5O. The molecule has 0 saturated carbocycles. The second-order valence-corrected chi connectivity index (χ2v) is 10.1. The van der Waals surface area contributed by atoms with Gasteiger partial charge in [-0.2, -0.15) is 9.97 Å². The molecule has 5 rings (SSSR count). The van der Waals surface area contributed by atoms with Gasteiger partial charge in [-0.05, 0) is 60.8 Å². The smallest absolute Gasteiger partial charge is 0.319 e. The van der Waals surface area contributed by atoms with E-state index in [-0.39, 0.29) is 44.3 Å². The number of benzene rings is 1. The van der Waals surface area contributed by atoms with Crippen LogP contribution in [0.3, 0.4) is 0 Å². The normalized spacial score (nSPS) is 22.8. The van der Waals surface area contributed by atoms with E-state index in [0.29, 0.717) is 13.2 Å². The molecule has 3 aliphatic heterocycles. The second kappa shape index (κ2) is 8.45. The fourth-order valence-electron chi connectivity index (χ4n) is 5.18. The van der Waals surface area contributed by atoms with Crippen molar-refractivity contribution in [2.75, 3.05) is 50.8 Å². The highest BCUT2D eigenvalue weighted by Gasteiger charge is 2.45. The molecule has 6 nitrogen and oxygen atoms in total. The molecule has 3 fully saturated rings. The molecule has 1 N–H and O–H groups in total. The number of hydrogen-bond acceptors (Lipinski definition) is 6. The van der Waals surface area contributed by atoms with Gasteiger partial charge in [0.2, 0.25) is 0 Å². The Morgan fingerprint density at radius 2 is 1.94 bits per heavy atom. The summed E-state index contributed by atoms with van der Waals surface area (Å²) in [6, 6.07) is 1.50. The molecule has 11 heteroatoms. The summed E-state index contributed by atoms with van der Waals surface area (Å²) < 4.78 is 49.9. The monoisotopic (exact) mass is 533 g/mol. The van der Waals surface area contributed by atoms with Gasteiger partial charge < -0.3 is 15.0 Å². The molecule has 32 heavy (non-hydrogen) atoms. The van der Waals surface area contributed by atoms with Crippen LogP contribution in [0, 0.1) is 5.82 Å². The summed E-state index contributed by atoms with van der Waals surface area (Å²) in [5.41, 5.74) is -0.0500. The minimum atomic E-state index is -2.96. The SMILES string of the molecule is Fc1c(Br)c(Cl)cc2c(N3CCNCC(F)(F)C3)nc(OCC34CCCN3CCC4)nc12. The molecule has 0 radical (unpaired) electrons. The van der Waals surface area contributed by atoms with E-state index in [2.05, 4.69) is 36.1 Å². The van der Waals surface area contributed by atoms with Crippen LogP contribution >= 0.6 is 27.5 Å². The highest BCUT2D eigenvalue weighted by Crippen LogP contribution is 2.40. The maximum atomic E-state index is 15.1. The molecule has 0 bridgehead atoms. The largest absolute Gasteiger partial charge is 0.461 e. The highest BCUT2D eigenvalue weighted by atomic mass is 79.9. The molecule has 3 saturated heterocycles. The van der Waals surface area contributed by atoms with Crippen LogP contribution in [-0.2, 0) is 0 Å². The first-order chi connectivity index (χ1) is 15.3. The third-order valence-electron chi connectivity index (χ3n) is 6.73. The maximum Gasteiger partial charge on any atom is 0.319 e. The lowest BCUT2D eigenvalue weighted by Crippen LogP contribution is -2.43. The van der Waals surface area contributed by atoms with Crippen LogP contribution in [0.15, 0.2) is 10.5 Å². The topological polar surface area (TPSA) is 53.5 Å². The van der Waals surface area contributed by atoms with Crippen molar-refractivity contribution in [1.82, 2.24) is 20.2 Å². The Kier molecular flexibility index (Phi) is 5.92. The van der Waals surface area contributed by atoms with Gasteiger partial charge in [0.05, 0.1) is 28.1 Å². The van der Waals surface area contributed by atoms with E-state index in [1.807, 2.05) is 0 Å². The number of alkyl halides is 2. The van der Waals surface area contributed by atoms with Crippen LogP contribution in [0.5, 0.6) is 6.01 Å². The van der Waals surface area contributed by atoms with E-state index in [0.717, 1.165) is 38.8 Å². The first kappa shape index (κ1) is 22.4. The van der Waals surface area contributed by atoms with Gasteiger partial charge in [0, 0.05) is 18.5 Å². The number of nitrogens with zero attached hydrogens (tertiary/aromatic N) is 4. The molecular weight excluding hydrogens is 511 g/mol. The minimum Gasteiger partial charge on any atom is -0.461 e. The number of aromatic nitrogens is 2. The van der Waals surface area contributed by atoms with Crippen LogP contribution in [0.4, 0.5) is 19.0 Å². The zero-order valence-electron chi connectivity index (χ0n) is 17.4. The summed E-state index contributed by atoms with van der Waals surface area (Å²) in [4.78, 5) is 12.7. The standard InChI is InChI=1S/C21H24BrClF3N5O/c22-15-14(23)9-13-17(16(15)24)28-19(32-12-20-3-1-6-31(20)7-2-4-20)29-18(13)30-8-5-27-10-21(25,26)11-30/h9,27H,1-8,10-12H2. The third kappa shape index (κ3) is 4.03. The maximum absolute atomic E-state index is 15.1. The molecule has 0 aliphatic carbocycles.